The Morgan fingerprint density at radius 1 is 0.897 bits per heavy atom. The van der Waals surface area contributed by atoms with Gasteiger partial charge in [-0.25, -0.2) is 12.8 Å². The molecule has 0 aliphatic rings. The maximum absolute atomic E-state index is 14.0. The molecule has 0 heterocycles. The van der Waals surface area contributed by atoms with Crippen molar-refractivity contribution in [3.63, 3.8) is 0 Å². The van der Waals surface area contributed by atoms with Crippen LogP contribution in [0.4, 0.5) is 10.1 Å². The van der Waals surface area contributed by atoms with Crippen molar-refractivity contribution in [2.45, 2.75) is 64.1 Å². The van der Waals surface area contributed by atoms with E-state index in [1.807, 2.05) is 13.8 Å². The second-order valence-electron chi connectivity index (χ2n) is 9.50. The highest BCUT2D eigenvalue weighted by Crippen LogP contribution is 2.27. The summed E-state index contributed by atoms with van der Waals surface area (Å²) in [6, 6.07) is 19.6. The van der Waals surface area contributed by atoms with Crippen LogP contribution in [0, 0.1) is 12.7 Å². The summed E-state index contributed by atoms with van der Waals surface area (Å²) in [6.45, 7) is 6.89. The minimum Gasteiger partial charge on any atom is -0.352 e. The number of hydrogen-bond donors (Lipinski definition) is 1. The molecule has 0 fully saturated rings. The number of halogens is 1. The van der Waals surface area contributed by atoms with E-state index >= 15 is 0 Å². The highest BCUT2D eigenvalue weighted by molar-refractivity contribution is 7.92. The molecule has 208 valence electrons. The Morgan fingerprint density at radius 3 is 2.10 bits per heavy atom. The van der Waals surface area contributed by atoms with E-state index in [1.54, 1.807) is 68.4 Å². The molecule has 0 aliphatic carbocycles. The first kappa shape index (κ1) is 29.8. The molecule has 0 saturated carbocycles. The molecule has 2 amide bonds. The van der Waals surface area contributed by atoms with Gasteiger partial charge in [0.05, 0.1) is 10.6 Å². The van der Waals surface area contributed by atoms with E-state index in [0.29, 0.717) is 29.7 Å². The van der Waals surface area contributed by atoms with Crippen molar-refractivity contribution in [3.05, 3.63) is 95.8 Å². The number of anilines is 1. The lowest BCUT2D eigenvalue weighted by Crippen LogP contribution is -2.53. The zero-order chi connectivity index (χ0) is 28.6. The van der Waals surface area contributed by atoms with Crippen LogP contribution < -0.4 is 9.62 Å². The summed E-state index contributed by atoms with van der Waals surface area (Å²) < 4.78 is 42.3. The molecule has 3 aromatic carbocycles. The van der Waals surface area contributed by atoms with Gasteiger partial charge in [-0.1, -0.05) is 62.4 Å². The molecule has 9 heteroatoms. The molecule has 1 N–H and O–H groups in total. The molecule has 2 atom stereocenters. The van der Waals surface area contributed by atoms with E-state index in [9.17, 15) is 22.4 Å². The molecule has 0 radical (unpaired) electrons. The SMILES string of the molecule is CC[C@H](C(=O)N[C@@H](C)CC)N(Cc1ccc(F)cc1)C(=O)CN(c1ccccc1C)S(=O)(=O)c1ccccc1. The summed E-state index contributed by atoms with van der Waals surface area (Å²) >= 11 is 0. The van der Waals surface area contributed by atoms with E-state index in [2.05, 4.69) is 5.32 Å². The van der Waals surface area contributed by atoms with Crippen LogP contribution in [0.3, 0.4) is 0 Å². The Bertz CT molecular complexity index is 1360. The van der Waals surface area contributed by atoms with Crippen molar-refractivity contribution in [1.29, 1.82) is 0 Å². The number of sulfonamides is 1. The lowest BCUT2D eigenvalue weighted by atomic mass is 10.1. The number of aryl methyl sites for hydroxylation is 1. The second kappa shape index (κ2) is 13.4. The Kier molecular flexibility index (Phi) is 10.2. The number of carbonyl (C=O) groups is 2. The Balaban J connectivity index is 2.05. The summed E-state index contributed by atoms with van der Waals surface area (Å²) in [7, 11) is -4.12. The standard InChI is InChI=1S/C30H36FN3O4S/c1-5-23(4)32-30(36)27(6-2)33(20-24-16-18-25(31)19-17-24)29(35)21-34(28-15-11-10-12-22(28)3)39(37,38)26-13-8-7-9-14-26/h7-19,23,27H,5-6,20-21H2,1-4H3,(H,32,36)/t23-,27+/m0/s1. The lowest BCUT2D eigenvalue weighted by molar-refractivity contribution is -0.140. The summed E-state index contributed by atoms with van der Waals surface area (Å²) in [5.74, 6) is -1.29. The molecule has 0 saturated heterocycles. The molecule has 0 unspecified atom stereocenters. The molecular formula is C30H36FN3O4S. The third kappa shape index (κ3) is 7.44. The van der Waals surface area contributed by atoms with E-state index in [4.69, 9.17) is 0 Å². The maximum Gasteiger partial charge on any atom is 0.264 e. The van der Waals surface area contributed by atoms with Gasteiger partial charge in [-0.2, -0.15) is 0 Å². The number of amides is 2. The number of carbonyl (C=O) groups excluding carboxylic acids is 2. The quantitative estimate of drug-likeness (QED) is 0.340. The number of hydrogen-bond acceptors (Lipinski definition) is 4. The first-order valence-corrected chi connectivity index (χ1v) is 14.5. The van der Waals surface area contributed by atoms with Crippen molar-refractivity contribution < 1.29 is 22.4 Å². The first-order chi connectivity index (χ1) is 18.6. The molecule has 0 bridgehead atoms. The maximum atomic E-state index is 14.0. The molecule has 0 aromatic heterocycles. The average molecular weight is 554 g/mol. The van der Waals surface area contributed by atoms with Crippen LogP contribution in [0.25, 0.3) is 0 Å². The van der Waals surface area contributed by atoms with Crippen LogP contribution in [0.2, 0.25) is 0 Å². The number of nitrogens with one attached hydrogen (secondary N) is 1. The predicted molar refractivity (Wildman–Crippen MR) is 151 cm³/mol. The van der Waals surface area contributed by atoms with Crippen LogP contribution >= 0.6 is 0 Å². The fourth-order valence-electron chi connectivity index (χ4n) is 4.22. The van der Waals surface area contributed by atoms with Crippen LogP contribution in [-0.2, 0) is 26.2 Å². The summed E-state index contributed by atoms with van der Waals surface area (Å²) in [5.41, 5.74) is 1.66. The van der Waals surface area contributed by atoms with Gasteiger partial charge < -0.3 is 10.2 Å². The lowest BCUT2D eigenvalue weighted by Gasteiger charge is -2.34. The van der Waals surface area contributed by atoms with E-state index < -0.39 is 34.3 Å². The Hall–Kier alpha value is -3.72. The van der Waals surface area contributed by atoms with Gasteiger partial charge in [0, 0.05) is 12.6 Å². The zero-order valence-electron chi connectivity index (χ0n) is 22.8. The van der Waals surface area contributed by atoms with Crippen LogP contribution in [0.5, 0.6) is 0 Å². The number of benzene rings is 3. The van der Waals surface area contributed by atoms with Gasteiger partial charge >= 0.3 is 0 Å². The predicted octanol–water partition coefficient (Wildman–Crippen LogP) is 5.05. The number of para-hydroxylation sites is 1. The van der Waals surface area contributed by atoms with E-state index in [0.717, 1.165) is 4.31 Å². The summed E-state index contributed by atoms with van der Waals surface area (Å²) in [5, 5.41) is 2.94. The van der Waals surface area contributed by atoms with Gasteiger partial charge in [-0.15, -0.1) is 0 Å². The minimum atomic E-state index is -4.12. The number of rotatable bonds is 12. The zero-order valence-corrected chi connectivity index (χ0v) is 23.6. The first-order valence-electron chi connectivity index (χ1n) is 13.1. The minimum absolute atomic E-state index is 0.0124. The Morgan fingerprint density at radius 2 is 1.51 bits per heavy atom. The second-order valence-corrected chi connectivity index (χ2v) is 11.4. The van der Waals surface area contributed by atoms with Crippen LogP contribution in [0.1, 0.15) is 44.7 Å². The smallest absolute Gasteiger partial charge is 0.264 e. The molecule has 3 rings (SSSR count). The Labute approximate surface area is 230 Å². The third-order valence-electron chi connectivity index (χ3n) is 6.65. The van der Waals surface area contributed by atoms with Crippen molar-refractivity contribution in [1.82, 2.24) is 10.2 Å². The van der Waals surface area contributed by atoms with Gasteiger partial charge in [0.15, 0.2) is 0 Å². The van der Waals surface area contributed by atoms with Gasteiger partial charge in [-0.05, 0) is 68.1 Å². The van der Waals surface area contributed by atoms with Crippen molar-refractivity contribution in [3.8, 4) is 0 Å². The van der Waals surface area contributed by atoms with Gasteiger partial charge in [0.25, 0.3) is 10.0 Å². The summed E-state index contributed by atoms with van der Waals surface area (Å²) in [6.07, 6.45) is 1.02. The van der Waals surface area contributed by atoms with Crippen LogP contribution in [-0.4, -0.2) is 43.8 Å². The van der Waals surface area contributed by atoms with Gasteiger partial charge in [-0.3, -0.25) is 13.9 Å². The van der Waals surface area contributed by atoms with E-state index in [-0.39, 0.29) is 23.4 Å². The normalized spacial score (nSPS) is 12.8. The molecular weight excluding hydrogens is 517 g/mol. The fraction of sp³-hybridized carbons (Fsp3) is 0.333. The van der Waals surface area contributed by atoms with Crippen molar-refractivity contribution >= 4 is 27.5 Å². The van der Waals surface area contributed by atoms with Gasteiger partial charge in [0.1, 0.15) is 18.4 Å². The van der Waals surface area contributed by atoms with Crippen molar-refractivity contribution in [2.24, 2.45) is 0 Å². The fourth-order valence-corrected chi connectivity index (χ4v) is 5.72. The summed E-state index contributed by atoms with van der Waals surface area (Å²) in [4.78, 5) is 28.7. The van der Waals surface area contributed by atoms with Crippen molar-refractivity contribution in [2.75, 3.05) is 10.8 Å². The average Bonchev–Trinajstić information content (AvgIpc) is 2.93. The molecule has 39 heavy (non-hydrogen) atoms. The molecule has 3 aromatic rings. The van der Waals surface area contributed by atoms with Gasteiger partial charge in [0.2, 0.25) is 11.8 Å². The highest BCUT2D eigenvalue weighted by atomic mass is 32.2. The topological polar surface area (TPSA) is 86.8 Å². The monoisotopic (exact) mass is 553 g/mol. The molecule has 0 aliphatic heterocycles. The van der Waals surface area contributed by atoms with Crippen LogP contribution in [0.15, 0.2) is 83.8 Å². The third-order valence-corrected chi connectivity index (χ3v) is 8.42. The largest absolute Gasteiger partial charge is 0.352 e. The number of nitrogens with zero attached hydrogens (tertiary/aromatic N) is 2. The molecule has 0 spiro atoms. The molecule has 7 nitrogen and oxygen atoms in total. The van der Waals surface area contributed by atoms with E-state index in [1.165, 1.54) is 29.2 Å². The highest BCUT2D eigenvalue weighted by Gasteiger charge is 2.34.